The SMILES string of the molecule is c1ccc(N2B3c4ccccc4Oc4cc(-c5cccc(-n6c7ccccc7c7ccccc76)c5)cc(c43)-c3ccc(-c4ccccc4-c4ccc5c(c4)oc4ccccc45)cc32)cc1. The van der Waals surface area contributed by atoms with Gasteiger partial charge >= 0.3 is 6.85 Å². The molecule has 0 unspecified atom stereocenters. The van der Waals surface area contributed by atoms with Crippen LogP contribution < -0.4 is 20.5 Å². The number of furan rings is 1. The lowest BCUT2D eigenvalue weighted by Crippen LogP contribution is -2.59. The number of rotatable bonds is 5. The molecule has 5 heteroatoms. The molecule has 0 saturated carbocycles. The zero-order valence-corrected chi connectivity index (χ0v) is 35.2. The van der Waals surface area contributed by atoms with Crippen LogP contribution >= 0.6 is 0 Å². The third kappa shape index (κ3) is 5.46. The van der Waals surface area contributed by atoms with Gasteiger partial charge < -0.3 is 18.5 Å². The van der Waals surface area contributed by atoms with Gasteiger partial charge in [-0.05, 0) is 123 Å². The highest BCUT2D eigenvalue weighted by Crippen LogP contribution is 2.48. The van der Waals surface area contributed by atoms with E-state index >= 15 is 0 Å². The summed E-state index contributed by atoms with van der Waals surface area (Å²) in [4.78, 5) is 2.53. The van der Waals surface area contributed by atoms with Crippen molar-refractivity contribution in [2.24, 2.45) is 0 Å². The van der Waals surface area contributed by atoms with E-state index in [0.717, 1.165) is 94.9 Å². The predicted octanol–water partition coefficient (Wildman–Crippen LogP) is 14.7. The first-order chi connectivity index (χ1) is 32.2. The van der Waals surface area contributed by atoms with Crippen molar-refractivity contribution in [2.75, 3.05) is 4.81 Å². The second-order valence-corrected chi connectivity index (χ2v) is 17.2. The minimum atomic E-state index is -0.126. The number of nitrogens with zero attached hydrogens (tertiary/aromatic N) is 2. The summed E-state index contributed by atoms with van der Waals surface area (Å²) in [6.45, 7) is -0.126. The molecule has 0 amide bonds. The van der Waals surface area contributed by atoms with E-state index in [2.05, 4.69) is 222 Å². The molecule has 0 fully saturated rings. The average Bonchev–Trinajstić information content (AvgIpc) is 3.92. The van der Waals surface area contributed by atoms with E-state index in [-0.39, 0.29) is 6.85 Å². The Bertz CT molecular complexity index is 3850. The van der Waals surface area contributed by atoms with Crippen molar-refractivity contribution in [2.45, 2.75) is 0 Å². The first kappa shape index (κ1) is 36.0. The number of anilines is 2. The van der Waals surface area contributed by atoms with Gasteiger partial charge in [-0.2, -0.15) is 0 Å². The number of hydrogen-bond donors (Lipinski definition) is 0. The van der Waals surface area contributed by atoms with Gasteiger partial charge in [0, 0.05) is 49.6 Å². The van der Waals surface area contributed by atoms with Gasteiger partial charge in [-0.1, -0.05) is 146 Å². The number of benzene rings is 10. The fraction of sp³-hybridized carbons (Fsp3) is 0. The van der Waals surface area contributed by atoms with Crippen molar-refractivity contribution in [1.82, 2.24) is 4.57 Å². The molecule has 0 bridgehead atoms. The van der Waals surface area contributed by atoms with Gasteiger partial charge in [0.2, 0.25) is 0 Å². The van der Waals surface area contributed by atoms with E-state index in [4.69, 9.17) is 9.15 Å². The van der Waals surface area contributed by atoms with Crippen LogP contribution in [0.3, 0.4) is 0 Å². The summed E-state index contributed by atoms with van der Waals surface area (Å²) >= 11 is 0. The zero-order chi connectivity index (χ0) is 42.6. The minimum absolute atomic E-state index is 0.126. The standard InChI is InChI=1S/C60H37BN2O2/c1-2-16-42(17-3-1)63-55-35-39(44-19-4-5-20-45(44)40-30-32-50-49-23-8-12-27-56(49)64-58(50)36-40)29-31-48(55)51-34-41(37-59-60(51)61(63)52-24-9-13-28-57(52)65-59)38-15-14-18-43(33-38)62-53-25-10-6-21-46(53)47-22-7-11-26-54(47)62/h1-37H. The van der Waals surface area contributed by atoms with Crippen LogP contribution in [0, 0.1) is 0 Å². The smallest absolute Gasteiger partial charge is 0.336 e. The molecule has 0 radical (unpaired) electrons. The molecule has 14 rings (SSSR count). The van der Waals surface area contributed by atoms with Gasteiger partial charge in [0.25, 0.3) is 0 Å². The normalized spacial score (nSPS) is 12.7. The quantitative estimate of drug-likeness (QED) is 0.162. The molecular weight excluding hydrogens is 791 g/mol. The van der Waals surface area contributed by atoms with Gasteiger partial charge in [0.15, 0.2) is 0 Å². The molecule has 0 spiro atoms. The molecule has 0 N–H and O–H groups in total. The summed E-state index contributed by atoms with van der Waals surface area (Å²) in [5, 5.41) is 4.76. The van der Waals surface area contributed by atoms with Gasteiger partial charge in [0.05, 0.1) is 11.0 Å². The zero-order valence-electron chi connectivity index (χ0n) is 35.2. The van der Waals surface area contributed by atoms with Gasteiger partial charge in [0.1, 0.15) is 22.7 Å². The topological polar surface area (TPSA) is 30.5 Å². The lowest BCUT2D eigenvalue weighted by Gasteiger charge is -2.42. The minimum Gasteiger partial charge on any atom is -0.458 e. The fourth-order valence-electron chi connectivity index (χ4n) is 10.8. The van der Waals surface area contributed by atoms with Crippen molar-refractivity contribution in [1.29, 1.82) is 0 Å². The van der Waals surface area contributed by atoms with Crippen LogP contribution in [-0.2, 0) is 0 Å². The van der Waals surface area contributed by atoms with Crippen LogP contribution in [0.2, 0.25) is 0 Å². The number of para-hydroxylation sites is 5. The maximum atomic E-state index is 6.97. The van der Waals surface area contributed by atoms with Crippen LogP contribution in [0.1, 0.15) is 0 Å². The van der Waals surface area contributed by atoms with Crippen molar-refractivity contribution in [3.63, 3.8) is 0 Å². The Hall–Kier alpha value is -8.54. The Kier molecular flexibility index (Phi) is 7.75. The van der Waals surface area contributed by atoms with Crippen molar-refractivity contribution < 1.29 is 9.15 Å². The fourth-order valence-corrected chi connectivity index (χ4v) is 10.8. The molecule has 65 heavy (non-hydrogen) atoms. The molecule has 2 aromatic heterocycles. The Labute approximate surface area is 375 Å². The van der Waals surface area contributed by atoms with Crippen molar-refractivity contribution >= 4 is 72.9 Å². The van der Waals surface area contributed by atoms with E-state index in [0.29, 0.717) is 0 Å². The lowest BCUT2D eigenvalue weighted by molar-refractivity contribution is 0.487. The first-order valence-electron chi connectivity index (χ1n) is 22.3. The summed E-state index contributed by atoms with van der Waals surface area (Å²) in [5.74, 6) is 1.75. The number of aromatic nitrogens is 1. The molecule has 0 saturated heterocycles. The number of fused-ring (bicyclic) bond motifs is 10. The summed E-state index contributed by atoms with van der Waals surface area (Å²) in [5.41, 5.74) is 19.0. The van der Waals surface area contributed by atoms with E-state index < -0.39 is 0 Å². The lowest BCUT2D eigenvalue weighted by atomic mass is 9.44. The predicted molar refractivity (Wildman–Crippen MR) is 270 cm³/mol. The second kappa shape index (κ2) is 14.0. The maximum Gasteiger partial charge on any atom is 0.336 e. The summed E-state index contributed by atoms with van der Waals surface area (Å²) < 4.78 is 15.7. The first-order valence-corrected chi connectivity index (χ1v) is 22.3. The summed E-state index contributed by atoms with van der Waals surface area (Å²) in [6, 6.07) is 81.0. The van der Waals surface area contributed by atoms with Crippen LogP contribution in [0.5, 0.6) is 11.5 Å². The van der Waals surface area contributed by atoms with Crippen LogP contribution in [-0.4, -0.2) is 11.4 Å². The van der Waals surface area contributed by atoms with Gasteiger partial charge in [-0.25, -0.2) is 0 Å². The molecule has 2 aliphatic rings. The van der Waals surface area contributed by atoms with E-state index in [1.165, 1.54) is 32.8 Å². The third-order valence-corrected chi connectivity index (χ3v) is 13.6. The Morgan fingerprint density at radius 1 is 0.354 bits per heavy atom. The van der Waals surface area contributed by atoms with E-state index in [1.807, 2.05) is 12.1 Å². The molecule has 4 nitrogen and oxygen atoms in total. The third-order valence-electron chi connectivity index (χ3n) is 13.6. The molecule has 4 heterocycles. The molecule has 12 aromatic rings. The highest BCUT2D eigenvalue weighted by molar-refractivity contribution is 6.92. The largest absolute Gasteiger partial charge is 0.458 e. The van der Waals surface area contributed by atoms with Gasteiger partial charge in [-0.3, -0.25) is 0 Å². The molecule has 2 aliphatic heterocycles. The summed E-state index contributed by atoms with van der Waals surface area (Å²) in [7, 11) is 0. The molecule has 302 valence electrons. The number of hydrogen-bond acceptors (Lipinski definition) is 3. The molecule has 0 atom stereocenters. The Morgan fingerprint density at radius 3 is 1.82 bits per heavy atom. The molecule has 0 aliphatic carbocycles. The number of ether oxygens (including phenoxy) is 1. The molecular formula is C60H37BN2O2. The highest BCUT2D eigenvalue weighted by Gasteiger charge is 2.44. The van der Waals surface area contributed by atoms with Gasteiger partial charge in [-0.15, -0.1) is 0 Å². The summed E-state index contributed by atoms with van der Waals surface area (Å²) in [6.07, 6.45) is 0. The second-order valence-electron chi connectivity index (χ2n) is 17.2. The average molecular weight is 829 g/mol. The molecule has 10 aromatic carbocycles. The maximum absolute atomic E-state index is 6.97. The van der Waals surface area contributed by atoms with E-state index in [1.54, 1.807) is 0 Å². The van der Waals surface area contributed by atoms with Crippen molar-refractivity contribution in [3.05, 3.63) is 224 Å². The Morgan fingerprint density at radius 2 is 1.00 bits per heavy atom. The van der Waals surface area contributed by atoms with Crippen LogP contribution in [0.4, 0.5) is 11.4 Å². The highest BCUT2D eigenvalue weighted by atomic mass is 16.5. The Balaban J connectivity index is 0.971. The van der Waals surface area contributed by atoms with Crippen molar-refractivity contribution in [3.8, 4) is 61.7 Å². The van der Waals surface area contributed by atoms with Crippen LogP contribution in [0.15, 0.2) is 229 Å². The van der Waals surface area contributed by atoms with Crippen LogP contribution in [0.25, 0.3) is 93.9 Å². The monoisotopic (exact) mass is 828 g/mol. The van der Waals surface area contributed by atoms with E-state index in [9.17, 15) is 0 Å².